The summed E-state index contributed by atoms with van der Waals surface area (Å²) < 4.78 is 7.06. The first-order valence-corrected chi connectivity index (χ1v) is 23.3. The average molecular weight is 881 g/mol. The summed E-state index contributed by atoms with van der Waals surface area (Å²) in [5, 5.41) is 5.89. The van der Waals surface area contributed by atoms with Gasteiger partial charge in [-0.25, -0.2) is 4.98 Å². The molecule has 0 saturated carbocycles. The molecule has 0 N–H and O–H groups in total. The second-order valence-electron chi connectivity index (χ2n) is 17.7. The van der Waals surface area contributed by atoms with Crippen molar-refractivity contribution in [2.45, 2.75) is 0 Å². The summed E-state index contributed by atoms with van der Waals surface area (Å²) in [4.78, 5) is 15.0. The van der Waals surface area contributed by atoms with Crippen molar-refractivity contribution in [1.82, 2.24) is 28.7 Å². The van der Waals surface area contributed by atoms with E-state index in [1.54, 1.807) is 0 Å². The molecule has 0 aliphatic heterocycles. The molecule has 0 radical (unpaired) electrons. The molecule has 6 heterocycles. The Kier molecular flexibility index (Phi) is 8.79. The Balaban J connectivity index is 0.904. The predicted octanol–water partition coefficient (Wildman–Crippen LogP) is 15.8. The topological polar surface area (TPSA) is 53.5 Å². The summed E-state index contributed by atoms with van der Waals surface area (Å²) in [6.45, 7) is 0. The molecule has 0 bridgehead atoms. The highest BCUT2D eigenvalue weighted by atomic mass is 15.0. The lowest BCUT2D eigenvalue weighted by Gasteiger charge is -2.13. The molecule has 14 rings (SSSR count). The van der Waals surface area contributed by atoms with E-state index in [1.165, 1.54) is 21.5 Å². The normalized spacial score (nSPS) is 11.8. The van der Waals surface area contributed by atoms with Gasteiger partial charge in [-0.2, -0.15) is 0 Å². The lowest BCUT2D eigenvalue weighted by atomic mass is 10.0. The van der Waals surface area contributed by atoms with Gasteiger partial charge in [0, 0.05) is 61.7 Å². The van der Waals surface area contributed by atoms with Crippen molar-refractivity contribution in [2.75, 3.05) is 0 Å². The minimum absolute atomic E-state index is 0.935. The average Bonchev–Trinajstić information content (AvgIpc) is 4.06. The lowest BCUT2D eigenvalue weighted by molar-refractivity contribution is 1.14. The van der Waals surface area contributed by atoms with Crippen LogP contribution in [0.15, 0.2) is 243 Å². The fourth-order valence-corrected chi connectivity index (χ4v) is 10.6. The highest BCUT2D eigenvalue weighted by Crippen LogP contribution is 2.40. The first-order chi connectivity index (χ1) is 34.2. The molecule has 0 aliphatic carbocycles. The van der Waals surface area contributed by atoms with Gasteiger partial charge >= 0.3 is 0 Å². The van der Waals surface area contributed by atoms with Crippen LogP contribution in [-0.4, -0.2) is 28.7 Å². The van der Waals surface area contributed by atoms with Gasteiger partial charge in [-0.15, -0.1) is 0 Å². The van der Waals surface area contributed by atoms with Gasteiger partial charge in [0.1, 0.15) is 0 Å². The van der Waals surface area contributed by atoms with E-state index in [-0.39, 0.29) is 0 Å². The Morgan fingerprint density at radius 3 is 1.49 bits per heavy atom. The minimum atomic E-state index is 0.935. The fraction of sp³-hybridized carbons (Fsp3) is 0. The number of para-hydroxylation sites is 3. The quantitative estimate of drug-likeness (QED) is 0.160. The third kappa shape index (κ3) is 6.30. The molecule has 0 atom stereocenters. The van der Waals surface area contributed by atoms with Gasteiger partial charge in [0.15, 0.2) is 0 Å². The third-order valence-corrected chi connectivity index (χ3v) is 13.7. The van der Waals surface area contributed by atoms with Crippen LogP contribution in [-0.2, 0) is 0 Å². The molecule has 6 heteroatoms. The minimum Gasteiger partial charge on any atom is -0.309 e. The van der Waals surface area contributed by atoms with E-state index in [4.69, 9.17) is 15.0 Å². The lowest BCUT2D eigenvalue weighted by Crippen LogP contribution is -1.98. The molecule has 6 nitrogen and oxygen atoms in total. The van der Waals surface area contributed by atoms with Crippen molar-refractivity contribution in [1.29, 1.82) is 0 Å². The highest BCUT2D eigenvalue weighted by Gasteiger charge is 2.19. The molecule has 69 heavy (non-hydrogen) atoms. The molecule has 14 aromatic rings. The summed E-state index contributed by atoms with van der Waals surface area (Å²) in [6, 6.07) is 80.2. The summed E-state index contributed by atoms with van der Waals surface area (Å²) in [5.41, 5.74) is 19.4. The van der Waals surface area contributed by atoms with Gasteiger partial charge in [0.25, 0.3) is 0 Å². The number of benzene rings is 8. The monoisotopic (exact) mass is 880 g/mol. The van der Waals surface area contributed by atoms with E-state index in [0.29, 0.717) is 0 Å². The second-order valence-corrected chi connectivity index (χ2v) is 17.7. The molecule has 8 aromatic carbocycles. The molecule has 0 spiro atoms. The van der Waals surface area contributed by atoms with Crippen molar-refractivity contribution in [3.63, 3.8) is 0 Å². The molecular formula is C63H40N6. The number of pyridine rings is 3. The van der Waals surface area contributed by atoms with Crippen LogP contribution in [0.1, 0.15) is 0 Å². The molecule has 322 valence electrons. The summed E-state index contributed by atoms with van der Waals surface area (Å²) >= 11 is 0. The number of aromatic nitrogens is 6. The smallest absolute Gasteiger partial charge is 0.0963 e. The zero-order valence-corrected chi connectivity index (χ0v) is 37.3. The van der Waals surface area contributed by atoms with E-state index in [2.05, 4.69) is 232 Å². The molecule has 0 saturated heterocycles. The first-order valence-electron chi connectivity index (χ1n) is 23.3. The first kappa shape index (κ1) is 38.8. The highest BCUT2D eigenvalue weighted by molar-refractivity contribution is 6.13. The van der Waals surface area contributed by atoms with Crippen molar-refractivity contribution >= 4 is 65.5 Å². The summed E-state index contributed by atoms with van der Waals surface area (Å²) in [7, 11) is 0. The van der Waals surface area contributed by atoms with Gasteiger partial charge < -0.3 is 13.7 Å². The summed E-state index contributed by atoms with van der Waals surface area (Å²) in [5.74, 6) is 0. The van der Waals surface area contributed by atoms with Crippen LogP contribution in [0.3, 0.4) is 0 Å². The maximum Gasteiger partial charge on any atom is 0.0963 e. The Labute approximate surface area is 397 Å². The SMILES string of the molecule is c1ccc(-c2cc(-n3c4ccccc4c4cc(-c5ccc6c7ccccc7n(-c7cncc(-c8ccc9c(c8)c8ncccc8n9-c8ccccc8)c7)c6c5)ccc43)cc(-c3ccccc3)n2)cc1. The van der Waals surface area contributed by atoms with Crippen LogP contribution >= 0.6 is 0 Å². The molecule has 0 fully saturated rings. The number of fused-ring (bicyclic) bond motifs is 9. The number of rotatable bonds is 7. The van der Waals surface area contributed by atoms with Gasteiger partial charge in [0.2, 0.25) is 0 Å². The van der Waals surface area contributed by atoms with Crippen LogP contribution in [0.4, 0.5) is 0 Å². The Bertz CT molecular complexity index is 4240. The van der Waals surface area contributed by atoms with Gasteiger partial charge in [-0.1, -0.05) is 140 Å². The maximum absolute atomic E-state index is 5.20. The Hall–Kier alpha value is -9.39. The van der Waals surface area contributed by atoms with Crippen LogP contribution in [0, 0.1) is 0 Å². The molecule has 0 unspecified atom stereocenters. The standard InChI is InChI=1S/C63H40N6/c1-4-15-41(16-5-1)55-37-48(38-56(66-55)42-17-6-2-7-18-42)68-58-24-13-11-22-51(58)53-34-43(27-30-59(53)68)45-26-29-52-50-21-10-12-23-57(50)69(62(52)36-45)49-33-46(39-64-40-49)44-28-31-60-54(35-44)63-61(25-14-32-65-63)67(60)47-19-8-3-9-20-47/h1-40H. The van der Waals surface area contributed by atoms with Crippen molar-refractivity contribution < 1.29 is 0 Å². The van der Waals surface area contributed by atoms with E-state index in [9.17, 15) is 0 Å². The van der Waals surface area contributed by atoms with E-state index >= 15 is 0 Å². The molecule has 6 aromatic heterocycles. The van der Waals surface area contributed by atoms with E-state index < -0.39 is 0 Å². The number of hydrogen-bond donors (Lipinski definition) is 0. The van der Waals surface area contributed by atoms with Gasteiger partial charge in [-0.3, -0.25) is 9.97 Å². The molecule has 0 amide bonds. The maximum atomic E-state index is 5.20. The van der Waals surface area contributed by atoms with Crippen molar-refractivity contribution in [2.24, 2.45) is 0 Å². The molecule has 0 aliphatic rings. The Morgan fingerprint density at radius 1 is 0.275 bits per heavy atom. The fourth-order valence-electron chi connectivity index (χ4n) is 10.6. The number of nitrogens with zero attached hydrogens (tertiary/aromatic N) is 6. The van der Waals surface area contributed by atoms with Crippen LogP contribution in [0.25, 0.3) is 127 Å². The van der Waals surface area contributed by atoms with E-state index in [1.807, 2.05) is 24.7 Å². The second kappa shape index (κ2) is 15.6. The largest absolute Gasteiger partial charge is 0.309 e. The van der Waals surface area contributed by atoms with Crippen LogP contribution < -0.4 is 0 Å². The summed E-state index contributed by atoms with van der Waals surface area (Å²) in [6.07, 6.45) is 5.83. The molecular weight excluding hydrogens is 841 g/mol. The van der Waals surface area contributed by atoms with Gasteiger partial charge in [0.05, 0.1) is 67.6 Å². The third-order valence-electron chi connectivity index (χ3n) is 13.7. The van der Waals surface area contributed by atoms with Crippen molar-refractivity contribution in [3.8, 4) is 61.8 Å². The van der Waals surface area contributed by atoms with E-state index in [0.717, 1.165) is 106 Å². The zero-order valence-electron chi connectivity index (χ0n) is 37.3. The predicted molar refractivity (Wildman–Crippen MR) is 285 cm³/mol. The Morgan fingerprint density at radius 2 is 0.783 bits per heavy atom. The van der Waals surface area contributed by atoms with Crippen LogP contribution in [0.5, 0.6) is 0 Å². The zero-order chi connectivity index (χ0) is 45.4. The number of hydrogen-bond acceptors (Lipinski definition) is 3. The van der Waals surface area contributed by atoms with Gasteiger partial charge in [-0.05, 0) is 102 Å². The van der Waals surface area contributed by atoms with Crippen LogP contribution in [0.2, 0.25) is 0 Å². The van der Waals surface area contributed by atoms with Crippen molar-refractivity contribution in [3.05, 3.63) is 243 Å².